The van der Waals surface area contributed by atoms with Gasteiger partial charge in [0.15, 0.2) is 17.2 Å². The van der Waals surface area contributed by atoms with Gasteiger partial charge in [0, 0.05) is 90.2 Å². The summed E-state index contributed by atoms with van der Waals surface area (Å²) in [6, 6.07) is 15.0. The summed E-state index contributed by atoms with van der Waals surface area (Å²) in [5.41, 5.74) is 4.10. The lowest BCUT2D eigenvalue weighted by Crippen LogP contribution is -2.62. The van der Waals surface area contributed by atoms with Gasteiger partial charge < -0.3 is 35.1 Å². The molecule has 6 aromatic rings. The second kappa shape index (κ2) is 14.7. The number of nitrogens with zero attached hydrogens (tertiary/aromatic N) is 8. The molecule has 0 spiro atoms. The molecular formula is C43H57N11O4. The number of piperidine rings is 2. The Balaban J connectivity index is 0.000000177. The number of hydrogen-bond acceptors (Lipinski definition) is 13. The summed E-state index contributed by atoms with van der Waals surface area (Å²) in [7, 11) is 6.00. The highest BCUT2D eigenvalue weighted by molar-refractivity contribution is 5.87. The Hall–Kier alpha value is -5.54. The maximum atomic E-state index is 11.4. The second-order valence-electron chi connectivity index (χ2n) is 18.8. The van der Waals surface area contributed by atoms with Crippen LogP contribution in [-0.2, 0) is 7.05 Å². The summed E-state index contributed by atoms with van der Waals surface area (Å²) in [5, 5.41) is 51.1. The highest BCUT2D eigenvalue weighted by Crippen LogP contribution is 2.37. The molecule has 58 heavy (non-hydrogen) atoms. The van der Waals surface area contributed by atoms with E-state index in [4.69, 9.17) is 4.42 Å². The molecule has 2 aliphatic rings. The molecule has 0 amide bonds. The second-order valence-corrected chi connectivity index (χ2v) is 18.8. The summed E-state index contributed by atoms with van der Waals surface area (Å²) in [5.74, 6) is 1.21. The number of H-pyrrole nitrogens is 1. The van der Waals surface area contributed by atoms with Gasteiger partial charge in [-0.2, -0.15) is 5.10 Å². The van der Waals surface area contributed by atoms with Crippen LogP contribution in [0.4, 0.5) is 11.6 Å². The molecule has 15 nitrogen and oxygen atoms in total. The van der Waals surface area contributed by atoms with Gasteiger partial charge in [-0.15, -0.1) is 20.4 Å². The zero-order chi connectivity index (χ0) is 41.9. The maximum absolute atomic E-state index is 11.4. The largest absolute Gasteiger partial charge is 0.507 e. The number of aromatic amines is 1. The number of anilines is 2. The Labute approximate surface area is 338 Å². The molecule has 0 saturated carbocycles. The number of nitrogens with one attached hydrogen (secondary N) is 3. The van der Waals surface area contributed by atoms with Gasteiger partial charge in [-0.05, 0) is 117 Å². The number of rotatable bonds is 6. The molecule has 0 aliphatic carbocycles. The number of aryl methyl sites for hydroxylation is 1. The van der Waals surface area contributed by atoms with Crippen molar-refractivity contribution in [1.29, 1.82) is 0 Å². The number of fused-ring (bicyclic) bond motifs is 2. The molecule has 0 unspecified atom stereocenters. The number of aromatic hydroxyl groups is 2. The lowest BCUT2D eigenvalue weighted by atomic mass is 9.79. The van der Waals surface area contributed by atoms with E-state index in [1.165, 1.54) is 6.07 Å². The van der Waals surface area contributed by atoms with E-state index in [1.54, 1.807) is 16.8 Å². The van der Waals surface area contributed by atoms with Crippen LogP contribution < -0.4 is 26.2 Å². The summed E-state index contributed by atoms with van der Waals surface area (Å²) in [6.07, 6.45) is 6.00. The Bertz CT molecular complexity index is 2450. The lowest BCUT2D eigenvalue weighted by molar-refractivity contribution is 0.160. The van der Waals surface area contributed by atoms with E-state index in [2.05, 4.69) is 113 Å². The third-order valence-corrected chi connectivity index (χ3v) is 11.3. The van der Waals surface area contributed by atoms with Crippen LogP contribution in [0.1, 0.15) is 81.1 Å². The quantitative estimate of drug-likeness (QED) is 0.123. The van der Waals surface area contributed by atoms with E-state index in [-0.39, 0.29) is 33.7 Å². The van der Waals surface area contributed by atoms with Crippen LogP contribution in [0.3, 0.4) is 0 Å². The van der Waals surface area contributed by atoms with Crippen LogP contribution in [0.15, 0.2) is 63.9 Å². The first-order valence-electron chi connectivity index (χ1n) is 19.8. The Kier molecular flexibility index (Phi) is 10.3. The first kappa shape index (κ1) is 40.6. The summed E-state index contributed by atoms with van der Waals surface area (Å²) in [4.78, 5) is 18.4. The van der Waals surface area contributed by atoms with E-state index in [1.807, 2.05) is 50.6 Å². The van der Waals surface area contributed by atoms with Crippen molar-refractivity contribution in [2.75, 3.05) is 23.9 Å². The van der Waals surface area contributed by atoms with E-state index in [0.29, 0.717) is 45.7 Å². The highest BCUT2D eigenvalue weighted by atomic mass is 16.4. The zero-order valence-corrected chi connectivity index (χ0v) is 35.5. The zero-order valence-electron chi connectivity index (χ0n) is 35.5. The molecule has 308 valence electrons. The van der Waals surface area contributed by atoms with Crippen LogP contribution in [0.25, 0.3) is 44.5 Å². The first-order valence-corrected chi connectivity index (χ1v) is 19.8. The van der Waals surface area contributed by atoms with Gasteiger partial charge in [0.1, 0.15) is 11.5 Å². The van der Waals surface area contributed by atoms with Crippen LogP contribution in [0.2, 0.25) is 0 Å². The fraction of sp³-hybridized carbons (Fsp3) is 0.488. The number of oxazole rings is 1. The van der Waals surface area contributed by atoms with Crippen LogP contribution in [0, 0.1) is 0 Å². The number of phenolic OH excluding ortho intramolecular Hbond substituents is 2. The van der Waals surface area contributed by atoms with Crippen LogP contribution in [0.5, 0.6) is 11.5 Å². The Morgan fingerprint density at radius 2 is 1.16 bits per heavy atom. The number of aromatic nitrogens is 7. The van der Waals surface area contributed by atoms with Crippen molar-refractivity contribution >= 4 is 33.6 Å². The molecule has 4 aromatic heterocycles. The summed E-state index contributed by atoms with van der Waals surface area (Å²) >= 11 is 0. The van der Waals surface area contributed by atoms with Gasteiger partial charge in [-0.3, -0.25) is 9.67 Å². The third-order valence-electron chi connectivity index (χ3n) is 11.3. The van der Waals surface area contributed by atoms with Crippen molar-refractivity contribution in [3.63, 3.8) is 0 Å². The van der Waals surface area contributed by atoms with Gasteiger partial charge >= 0.3 is 5.76 Å². The Morgan fingerprint density at radius 3 is 1.62 bits per heavy atom. The Morgan fingerprint density at radius 1 is 0.690 bits per heavy atom. The maximum Gasteiger partial charge on any atom is 0.417 e. The van der Waals surface area contributed by atoms with Gasteiger partial charge in [0.25, 0.3) is 0 Å². The van der Waals surface area contributed by atoms with Crippen molar-refractivity contribution < 1.29 is 14.6 Å². The topological polar surface area (TPSA) is 186 Å². The molecule has 2 fully saturated rings. The van der Waals surface area contributed by atoms with E-state index >= 15 is 0 Å². The summed E-state index contributed by atoms with van der Waals surface area (Å²) < 4.78 is 6.71. The summed E-state index contributed by atoms with van der Waals surface area (Å²) in [6.45, 7) is 17.9. The normalized spacial score (nSPS) is 18.8. The van der Waals surface area contributed by atoms with Crippen molar-refractivity contribution in [2.45, 2.75) is 115 Å². The minimum absolute atomic E-state index is 0.0162. The molecule has 15 heteroatoms. The lowest BCUT2D eigenvalue weighted by Gasteiger charge is -2.49. The molecule has 0 bridgehead atoms. The van der Waals surface area contributed by atoms with E-state index in [0.717, 1.165) is 48.2 Å². The minimum atomic E-state index is -0.563. The minimum Gasteiger partial charge on any atom is -0.507 e. The highest BCUT2D eigenvalue weighted by Gasteiger charge is 2.40. The van der Waals surface area contributed by atoms with Gasteiger partial charge in [0.05, 0.1) is 22.4 Å². The van der Waals surface area contributed by atoms with Gasteiger partial charge in [0.2, 0.25) is 0 Å². The smallest absolute Gasteiger partial charge is 0.417 e. The molecule has 8 rings (SSSR count). The van der Waals surface area contributed by atoms with Crippen LogP contribution >= 0.6 is 0 Å². The SMILES string of the molecule is CN(c1ccc(-c2cc3[nH]c(=O)oc3cc2O)nn1)C1CC(C)(C)NC(C)(C)C1.CN(c1ccc(-c2cc3cn(C)nc3cc2O)nn1)C1CC(C)(C)NC(C)(C)C1. The predicted octanol–water partition coefficient (Wildman–Crippen LogP) is 6.51. The molecule has 2 aliphatic heterocycles. The van der Waals surface area contributed by atoms with E-state index < -0.39 is 5.76 Å². The monoisotopic (exact) mass is 791 g/mol. The van der Waals surface area contributed by atoms with Crippen molar-refractivity contribution in [2.24, 2.45) is 7.05 Å². The number of phenols is 2. The number of hydrogen-bond donors (Lipinski definition) is 5. The standard InChI is InChI=1S/C22H30N6O.C21H27N5O3/c1-21(2)11-15(12-22(3,4)26-21)28(6)20-8-7-17(23-24-20)16-9-14-13-27(5)25-18(14)10-19(16)29;1-20(2)10-12(11-21(3,4)25-20)26(5)18-7-6-14(23-24-18)13-8-15-17(9-16(13)27)29-19(28)22-15/h7-10,13,15,26,29H,11-12H2,1-6H3;6-9,12,25,27H,10-11H2,1-5H3,(H,22,28). The predicted molar refractivity (Wildman–Crippen MR) is 228 cm³/mol. The molecule has 5 N–H and O–H groups in total. The fourth-order valence-corrected chi connectivity index (χ4v) is 9.35. The van der Waals surface area contributed by atoms with Crippen molar-refractivity contribution in [3.05, 3.63) is 65.3 Å². The van der Waals surface area contributed by atoms with Gasteiger partial charge in [-0.1, -0.05) is 0 Å². The molecule has 0 atom stereocenters. The first-order chi connectivity index (χ1) is 27.1. The average molecular weight is 792 g/mol. The average Bonchev–Trinajstić information content (AvgIpc) is 3.67. The molecule has 6 heterocycles. The van der Waals surface area contributed by atoms with Gasteiger partial charge in [-0.25, -0.2) is 4.79 Å². The molecule has 0 radical (unpaired) electrons. The van der Waals surface area contributed by atoms with Crippen molar-refractivity contribution in [1.82, 2.24) is 45.8 Å². The van der Waals surface area contributed by atoms with Crippen LogP contribution in [-0.4, -0.2) is 93.7 Å². The fourth-order valence-electron chi connectivity index (χ4n) is 9.35. The molecule has 2 saturated heterocycles. The third kappa shape index (κ3) is 8.80. The number of benzene rings is 2. The van der Waals surface area contributed by atoms with Crippen molar-refractivity contribution in [3.8, 4) is 34.0 Å². The molecular weight excluding hydrogens is 735 g/mol. The molecule has 2 aromatic carbocycles. The van der Waals surface area contributed by atoms with E-state index in [9.17, 15) is 15.0 Å².